The van der Waals surface area contributed by atoms with Crippen LogP contribution in [0.1, 0.15) is 17.7 Å². The van der Waals surface area contributed by atoms with Gasteiger partial charge in [-0.1, -0.05) is 0 Å². The summed E-state index contributed by atoms with van der Waals surface area (Å²) in [7, 11) is 0. The van der Waals surface area contributed by atoms with Crippen LogP contribution in [0.3, 0.4) is 0 Å². The molecule has 0 aliphatic rings. The Morgan fingerprint density at radius 2 is 2.11 bits per heavy atom. The number of hydrogen-bond donors (Lipinski definition) is 1. The van der Waals surface area contributed by atoms with E-state index in [0.717, 1.165) is 41.3 Å². The molecule has 18 heavy (non-hydrogen) atoms. The molecule has 2 aromatic heterocycles. The molecule has 5 heteroatoms. The summed E-state index contributed by atoms with van der Waals surface area (Å²) in [6, 6.07) is 2.07. The molecule has 2 heterocycles. The van der Waals surface area contributed by atoms with E-state index in [1.54, 1.807) is 6.33 Å². The minimum absolute atomic E-state index is 0.773. The number of rotatable bonds is 5. The third-order valence-corrected chi connectivity index (χ3v) is 3.44. The molecule has 1 N–H and O–H groups in total. The molecular weight excluding hydrogens is 244 g/mol. The second-order valence-corrected chi connectivity index (χ2v) is 5.26. The Labute approximate surface area is 112 Å². The lowest BCUT2D eigenvalue weighted by Gasteiger charge is -2.10. The maximum absolute atomic E-state index is 4.45. The molecule has 0 fully saturated rings. The van der Waals surface area contributed by atoms with E-state index in [2.05, 4.69) is 39.5 Å². The summed E-state index contributed by atoms with van der Waals surface area (Å²) in [5.74, 6) is 2.05. The van der Waals surface area contributed by atoms with Crippen molar-refractivity contribution < 1.29 is 0 Å². The molecule has 0 bridgehead atoms. The molecule has 0 radical (unpaired) electrons. The van der Waals surface area contributed by atoms with E-state index in [9.17, 15) is 0 Å². The zero-order valence-corrected chi connectivity index (χ0v) is 11.8. The minimum atomic E-state index is 0.773. The molecule has 0 aromatic carbocycles. The van der Waals surface area contributed by atoms with Crippen LogP contribution in [0.2, 0.25) is 0 Å². The molecule has 0 atom stereocenters. The van der Waals surface area contributed by atoms with Crippen LogP contribution in [0.4, 0.5) is 5.82 Å². The SMILES string of the molecule is CSCCCNc1ncnc2nc(C)cc(C)c12. The van der Waals surface area contributed by atoms with Crippen LogP contribution < -0.4 is 5.32 Å². The van der Waals surface area contributed by atoms with Crippen LogP contribution in [0.15, 0.2) is 12.4 Å². The van der Waals surface area contributed by atoms with Gasteiger partial charge < -0.3 is 5.32 Å². The topological polar surface area (TPSA) is 50.7 Å². The highest BCUT2D eigenvalue weighted by molar-refractivity contribution is 7.98. The standard InChI is InChI=1S/C13H18N4S/c1-9-7-10(2)17-13-11(9)12(15-8-16-13)14-5-4-6-18-3/h7-8H,4-6H2,1-3H3,(H,14,15,16,17). The van der Waals surface area contributed by atoms with Gasteiger partial charge in [0.25, 0.3) is 0 Å². The van der Waals surface area contributed by atoms with Crippen molar-refractivity contribution in [3.8, 4) is 0 Å². The molecule has 0 unspecified atom stereocenters. The number of nitrogens with one attached hydrogen (secondary N) is 1. The predicted octanol–water partition coefficient (Wildman–Crippen LogP) is 2.81. The van der Waals surface area contributed by atoms with Gasteiger partial charge in [0.2, 0.25) is 0 Å². The van der Waals surface area contributed by atoms with Gasteiger partial charge in [0.15, 0.2) is 5.65 Å². The van der Waals surface area contributed by atoms with Gasteiger partial charge in [0.1, 0.15) is 12.1 Å². The highest BCUT2D eigenvalue weighted by Crippen LogP contribution is 2.22. The number of fused-ring (bicyclic) bond motifs is 1. The Hall–Kier alpha value is -1.36. The average molecular weight is 262 g/mol. The van der Waals surface area contributed by atoms with Crippen molar-refractivity contribution in [2.45, 2.75) is 20.3 Å². The molecule has 0 amide bonds. The van der Waals surface area contributed by atoms with Gasteiger partial charge in [0.05, 0.1) is 5.39 Å². The minimum Gasteiger partial charge on any atom is -0.369 e. The van der Waals surface area contributed by atoms with Crippen molar-refractivity contribution in [2.75, 3.05) is 23.9 Å². The van der Waals surface area contributed by atoms with Crippen molar-refractivity contribution in [3.05, 3.63) is 23.7 Å². The van der Waals surface area contributed by atoms with Crippen LogP contribution in [0, 0.1) is 13.8 Å². The lowest BCUT2D eigenvalue weighted by Crippen LogP contribution is -2.06. The molecule has 96 valence electrons. The summed E-state index contributed by atoms with van der Waals surface area (Å²) in [5.41, 5.74) is 2.94. The molecule has 0 aliphatic heterocycles. The van der Waals surface area contributed by atoms with E-state index in [4.69, 9.17) is 0 Å². The highest BCUT2D eigenvalue weighted by atomic mass is 32.2. The smallest absolute Gasteiger partial charge is 0.165 e. The molecule has 4 nitrogen and oxygen atoms in total. The van der Waals surface area contributed by atoms with Crippen LogP contribution in [-0.4, -0.2) is 33.5 Å². The van der Waals surface area contributed by atoms with Gasteiger partial charge in [-0.05, 0) is 43.9 Å². The van der Waals surface area contributed by atoms with Gasteiger partial charge in [0, 0.05) is 12.2 Å². The number of hydrogen-bond acceptors (Lipinski definition) is 5. The maximum atomic E-state index is 4.45. The van der Waals surface area contributed by atoms with Gasteiger partial charge in [-0.3, -0.25) is 0 Å². The number of aryl methyl sites for hydroxylation is 2. The Morgan fingerprint density at radius 1 is 1.28 bits per heavy atom. The van der Waals surface area contributed by atoms with Crippen molar-refractivity contribution in [1.82, 2.24) is 15.0 Å². The number of aromatic nitrogens is 3. The fourth-order valence-corrected chi connectivity index (χ4v) is 2.40. The first-order chi connectivity index (χ1) is 8.72. The first-order valence-corrected chi connectivity index (χ1v) is 7.43. The molecular formula is C13H18N4S. The average Bonchev–Trinajstić information content (AvgIpc) is 2.34. The van der Waals surface area contributed by atoms with Crippen LogP contribution in [0.25, 0.3) is 11.0 Å². The van der Waals surface area contributed by atoms with E-state index in [0.29, 0.717) is 0 Å². The molecule has 0 aliphatic carbocycles. The monoisotopic (exact) mass is 262 g/mol. The van der Waals surface area contributed by atoms with Crippen LogP contribution in [0.5, 0.6) is 0 Å². The predicted molar refractivity (Wildman–Crippen MR) is 78.3 cm³/mol. The number of nitrogens with zero attached hydrogens (tertiary/aromatic N) is 3. The van der Waals surface area contributed by atoms with Crippen molar-refractivity contribution in [3.63, 3.8) is 0 Å². The Morgan fingerprint density at radius 3 is 2.89 bits per heavy atom. The third kappa shape index (κ3) is 2.90. The Bertz CT molecular complexity index is 542. The van der Waals surface area contributed by atoms with Crippen molar-refractivity contribution >= 4 is 28.6 Å². The molecule has 0 saturated heterocycles. The zero-order valence-electron chi connectivity index (χ0n) is 11.0. The first-order valence-electron chi connectivity index (χ1n) is 6.04. The lowest BCUT2D eigenvalue weighted by atomic mass is 10.1. The van der Waals surface area contributed by atoms with Gasteiger partial charge in [-0.15, -0.1) is 0 Å². The summed E-state index contributed by atoms with van der Waals surface area (Å²) in [5, 5.41) is 4.41. The van der Waals surface area contributed by atoms with E-state index in [1.807, 2.05) is 18.7 Å². The largest absolute Gasteiger partial charge is 0.369 e. The fraction of sp³-hybridized carbons (Fsp3) is 0.462. The number of anilines is 1. The summed E-state index contributed by atoms with van der Waals surface area (Å²) in [4.78, 5) is 13.0. The normalized spacial score (nSPS) is 10.8. The van der Waals surface area contributed by atoms with E-state index >= 15 is 0 Å². The second-order valence-electron chi connectivity index (χ2n) is 4.27. The van der Waals surface area contributed by atoms with Crippen molar-refractivity contribution in [2.24, 2.45) is 0 Å². The number of pyridine rings is 1. The van der Waals surface area contributed by atoms with E-state index < -0.39 is 0 Å². The summed E-state index contributed by atoms with van der Waals surface area (Å²) >= 11 is 1.86. The first kappa shape index (κ1) is 13.1. The Kier molecular flexibility index (Phi) is 4.36. The number of thioether (sulfide) groups is 1. The van der Waals surface area contributed by atoms with E-state index in [-0.39, 0.29) is 0 Å². The summed E-state index contributed by atoms with van der Waals surface area (Å²) < 4.78 is 0. The van der Waals surface area contributed by atoms with Gasteiger partial charge >= 0.3 is 0 Å². The highest BCUT2D eigenvalue weighted by Gasteiger charge is 2.07. The summed E-state index contributed by atoms with van der Waals surface area (Å²) in [6.07, 6.45) is 4.83. The zero-order chi connectivity index (χ0) is 13.0. The third-order valence-electron chi connectivity index (χ3n) is 2.75. The summed E-state index contributed by atoms with van der Waals surface area (Å²) in [6.45, 7) is 4.99. The quantitative estimate of drug-likeness (QED) is 0.840. The Balaban J connectivity index is 2.27. The van der Waals surface area contributed by atoms with Crippen LogP contribution >= 0.6 is 11.8 Å². The molecule has 0 saturated carbocycles. The van der Waals surface area contributed by atoms with Crippen molar-refractivity contribution in [1.29, 1.82) is 0 Å². The van der Waals surface area contributed by atoms with Gasteiger partial charge in [-0.25, -0.2) is 15.0 Å². The lowest BCUT2D eigenvalue weighted by molar-refractivity contribution is 0.980. The maximum Gasteiger partial charge on any atom is 0.165 e. The van der Waals surface area contributed by atoms with E-state index in [1.165, 1.54) is 5.56 Å². The second kappa shape index (κ2) is 6.00. The van der Waals surface area contributed by atoms with Crippen LogP contribution in [-0.2, 0) is 0 Å². The fourth-order valence-electron chi connectivity index (χ4n) is 1.97. The molecule has 2 rings (SSSR count). The molecule has 0 spiro atoms. The van der Waals surface area contributed by atoms with Gasteiger partial charge in [-0.2, -0.15) is 11.8 Å². The molecule has 2 aromatic rings.